The quantitative estimate of drug-likeness (QED) is 0.711. The Labute approximate surface area is 113 Å². The van der Waals surface area contributed by atoms with E-state index in [0.717, 1.165) is 13.0 Å². The van der Waals surface area contributed by atoms with E-state index in [1.807, 2.05) is 0 Å². The van der Waals surface area contributed by atoms with Crippen molar-refractivity contribution in [3.05, 3.63) is 23.8 Å². The van der Waals surface area contributed by atoms with Crippen LogP contribution in [0.25, 0.3) is 0 Å². The maximum Gasteiger partial charge on any atom is 0.251 e. The molecular formula is C14H22N4O. The second-order valence-electron chi connectivity index (χ2n) is 5.23. The second kappa shape index (κ2) is 5.93. The third-order valence-corrected chi connectivity index (χ3v) is 3.66. The molecule has 0 aliphatic carbocycles. The molecule has 1 saturated heterocycles. The number of likely N-dealkylation sites (tertiary alicyclic amines) is 1. The summed E-state index contributed by atoms with van der Waals surface area (Å²) in [5.41, 5.74) is 12.9. The van der Waals surface area contributed by atoms with Crippen LogP contribution in [0.4, 0.5) is 11.4 Å². The first kappa shape index (κ1) is 13.7. The summed E-state index contributed by atoms with van der Waals surface area (Å²) in [5.74, 6) is -0.113. The van der Waals surface area contributed by atoms with E-state index in [9.17, 15) is 4.79 Å². The number of likely N-dealkylation sites (N-methyl/N-ethyl adjacent to an activating group) is 1. The molecular weight excluding hydrogens is 240 g/mol. The minimum atomic E-state index is -0.113. The number of amides is 1. The van der Waals surface area contributed by atoms with Crippen LogP contribution in [0.2, 0.25) is 0 Å². The zero-order chi connectivity index (χ0) is 13.8. The van der Waals surface area contributed by atoms with Crippen LogP contribution in [0.15, 0.2) is 18.2 Å². The number of benzene rings is 1. The van der Waals surface area contributed by atoms with Gasteiger partial charge in [0.05, 0.1) is 0 Å². The van der Waals surface area contributed by atoms with Crippen LogP contribution in [-0.2, 0) is 0 Å². The first-order chi connectivity index (χ1) is 9.06. The van der Waals surface area contributed by atoms with E-state index in [1.165, 1.54) is 12.8 Å². The topological polar surface area (TPSA) is 84.4 Å². The van der Waals surface area contributed by atoms with Crippen LogP contribution >= 0.6 is 0 Å². The van der Waals surface area contributed by atoms with Gasteiger partial charge in [0.2, 0.25) is 0 Å². The number of nitrogens with two attached hydrogens (primary N) is 2. The van der Waals surface area contributed by atoms with Gasteiger partial charge in [-0.05, 0) is 44.6 Å². The monoisotopic (exact) mass is 262 g/mol. The molecule has 0 aromatic heterocycles. The fourth-order valence-corrected chi connectivity index (χ4v) is 2.52. The van der Waals surface area contributed by atoms with Crippen molar-refractivity contribution in [3.8, 4) is 0 Å². The average Bonchev–Trinajstić information content (AvgIpc) is 2.36. The summed E-state index contributed by atoms with van der Waals surface area (Å²) >= 11 is 0. The van der Waals surface area contributed by atoms with Gasteiger partial charge in [-0.15, -0.1) is 0 Å². The zero-order valence-electron chi connectivity index (χ0n) is 11.4. The molecule has 1 fully saturated rings. The Morgan fingerprint density at radius 2 is 2.00 bits per heavy atom. The highest BCUT2D eigenvalue weighted by Gasteiger charge is 2.19. The van der Waals surface area contributed by atoms with E-state index < -0.39 is 0 Å². The zero-order valence-corrected chi connectivity index (χ0v) is 11.4. The molecule has 0 radical (unpaired) electrons. The van der Waals surface area contributed by atoms with Crippen LogP contribution in [0, 0.1) is 0 Å². The number of nitrogen functional groups attached to an aromatic ring is 2. The Kier molecular flexibility index (Phi) is 4.27. The molecule has 1 aromatic carbocycles. The summed E-state index contributed by atoms with van der Waals surface area (Å²) in [7, 11) is 2.11. The normalized spacial score (nSPS) is 20.2. The Hall–Kier alpha value is -1.75. The van der Waals surface area contributed by atoms with Crippen molar-refractivity contribution >= 4 is 17.3 Å². The molecule has 0 bridgehead atoms. The third kappa shape index (κ3) is 3.61. The van der Waals surface area contributed by atoms with E-state index in [1.54, 1.807) is 18.2 Å². The lowest BCUT2D eigenvalue weighted by Gasteiger charge is -2.32. The lowest BCUT2D eigenvalue weighted by atomic mass is 10.0. The maximum atomic E-state index is 12.1. The molecule has 0 saturated carbocycles. The van der Waals surface area contributed by atoms with E-state index in [4.69, 9.17) is 11.5 Å². The minimum absolute atomic E-state index is 0.113. The number of nitrogens with zero attached hydrogens (tertiary/aromatic N) is 1. The van der Waals surface area contributed by atoms with E-state index in [2.05, 4.69) is 17.3 Å². The van der Waals surface area contributed by atoms with Crippen molar-refractivity contribution in [2.75, 3.05) is 31.6 Å². The number of nitrogens with one attached hydrogen (secondary N) is 1. The number of piperidine rings is 1. The molecule has 5 N–H and O–H groups in total. The molecule has 0 spiro atoms. The van der Waals surface area contributed by atoms with E-state index in [0.29, 0.717) is 29.5 Å². The number of hydrogen-bond acceptors (Lipinski definition) is 4. The van der Waals surface area contributed by atoms with Gasteiger partial charge in [0.25, 0.3) is 5.91 Å². The van der Waals surface area contributed by atoms with Crippen molar-refractivity contribution in [2.45, 2.75) is 25.3 Å². The van der Waals surface area contributed by atoms with Gasteiger partial charge >= 0.3 is 0 Å². The van der Waals surface area contributed by atoms with E-state index in [-0.39, 0.29) is 5.91 Å². The first-order valence-electron chi connectivity index (χ1n) is 6.71. The average molecular weight is 262 g/mol. The number of anilines is 2. The third-order valence-electron chi connectivity index (χ3n) is 3.66. The minimum Gasteiger partial charge on any atom is -0.399 e. The molecule has 1 aliphatic heterocycles. The Morgan fingerprint density at radius 3 is 2.63 bits per heavy atom. The Morgan fingerprint density at radius 1 is 1.32 bits per heavy atom. The van der Waals surface area contributed by atoms with Gasteiger partial charge in [-0.2, -0.15) is 0 Å². The standard InChI is InChI=1S/C14H22N4O/c1-18-5-3-2-4-13(18)9-17-14(19)10-6-11(15)8-12(16)7-10/h6-8,13H,2-5,9,15-16H2,1H3,(H,17,19). The van der Waals surface area contributed by atoms with Crippen molar-refractivity contribution in [1.82, 2.24) is 10.2 Å². The van der Waals surface area contributed by atoms with Crippen molar-refractivity contribution < 1.29 is 4.79 Å². The molecule has 104 valence electrons. The fourth-order valence-electron chi connectivity index (χ4n) is 2.52. The second-order valence-corrected chi connectivity index (χ2v) is 5.23. The van der Waals surface area contributed by atoms with Gasteiger partial charge in [0.1, 0.15) is 0 Å². The molecule has 1 aliphatic rings. The highest BCUT2D eigenvalue weighted by Crippen LogP contribution is 2.15. The number of carbonyl (C=O) groups excluding carboxylic acids is 1. The summed E-state index contributed by atoms with van der Waals surface area (Å²) < 4.78 is 0. The molecule has 1 amide bonds. The molecule has 1 aromatic rings. The van der Waals surface area contributed by atoms with Crippen LogP contribution in [-0.4, -0.2) is 37.0 Å². The molecule has 5 nitrogen and oxygen atoms in total. The number of hydrogen-bond donors (Lipinski definition) is 3. The van der Waals surface area contributed by atoms with Crippen LogP contribution in [0.5, 0.6) is 0 Å². The smallest absolute Gasteiger partial charge is 0.251 e. The summed E-state index contributed by atoms with van der Waals surface area (Å²) in [6, 6.07) is 5.37. The largest absolute Gasteiger partial charge is 0.399 e. The van der Waals surface area contributed by atoms with Crippen LogP contribution in [0.1, 0.15) is 29.6 Å². The Bertz CT molecular complexity index is 441. The summed E-state index contributed by atoms with van der Waals surface area (Å²) in [6.45, 7) is 1.77. The molecule has 1 heterocycles. The predicted octanol–water partition coefficient (Wildman–Crippen LogP) is 1.07. The summed E-state index contributed by atoms with van der Waals surface area (Å²) in [5, 5.41) is 2.96. The SMILES string of the molecule is CN1CCCCC1CNC(=O)c1cc(N)cc(N)c1. The van der Waals surface area contributed by atoms with Gasteiger partial charge in [-0.1, -0.05) is 6.42 Å². The van der Waals surface area contributed by atoms with Crippen molar-refractivity contribution in [3.63, 3.8) is 0 Å². The Balaban J connectivity index is 1.93. The van der Waals surface area contributed by atoms with Gasteiger partial charge in [-0.3, -0.25) is 4.79 Å². The van der Waals surface area contributed by atoms with Crippen molar-refractivity contribution in [1.29, 1.82) is 0 Å². The molecule has 1 unspecified atom stereocenters. The number of carbonyl (C=O) groups is 1. The van der Waals surface area contributed by atoms with Gasteiger partial charge < -0.3 is 21.7 Å². The summed E-state index contributed by atoms with van der Waals surface area (Å²) in [6.07, 6.45) is 3.61. The van der Waals surface area contributed by atoms with E-state index >= 15 is 0 Å². The highest BCUT2D eigenvalue weighted by atomic mass is 16.1. The molecule has 19 heavy (non-hydrogen) atoms. The predicted molar refractivity (Wildman–Crippen MR) is 77.9 cm³/mol. The fraction of sp³-hybridized carbons (Fsp3) is 0.500. The van der Waals surface area contributed by atoms with Crippen molar-refractivity contribution in [2.24, 2.45) is 0 Å². The lowest BCUT2D eigenvalue weighted by molar-refractivity contribution is 0.0928. The maximum absolute atomic E-state index is 12.1. The van der Waals surface area contributed by atoms with Gasteiger partial charge in [0, 0.05) is 29.5 Å². The highest BCUT2D eigenvalue weighted by molar-refractivity contribution is 5.96. The molecule has 5 heteroatoms. The van der Waals surface area contributed by atoms with Gasteiger partial charge in [-0.25, -0.2) is 0 Å². The van der Waals surface area contributed by atoms with Crippen LogP contribution < -0.4 is 16.8 Å². The summed E-state index contributed by atoms with van der Waals surface area (Å²) in [4.78, 5) is 14.4. The first-order valence-corrected chi connectivity index (χ1v) is 6.71. The van der Waals surface area contributed by atoms with Crippen LogP contribution in [0.3, 0.4) is 0 Å². The molecule has 2 rings (SSSR count). The number of rotatable bonds is 3. The molecule has 1 atom stereocenters. The lowest BCUT2D eigenvalue weighted by Crippen LogP contribution is -2.44. The van der Waals surface area contributed by atoms with Gasteiger partial charge in [0.15, 0.2) is 0 Å².